The summed E-state index contributed by atoms with van der Waals surface area (Å²) in [6.45, 7) is 12.6. The normalized spacial score (nSPS) is 53.9. The van der Waals surface area contributed by atoms with E-state index in [1.165, 1.54) is 6.92 Å². The number of hydrogen-bond donors (Lipinski definition) is 2. The van der Waals surface area contributed by atoms with E-state index in [2.05, 4.69) is 30.1 Å². The highest BCUT2D eigenvalue weighted by Gasteiger charge is 2.85. The summed E-state index contributed by atoms with van der Waals surface area (Å²) >= 11 is 0. The summed E-state index contributed by atoms with van der Waals surface area (Å²) in [5.74, 6) is -2.76. The minimum absolute atomic E-state index is 0.111. The molecule has 2 bridgehead atoms. The maximum Gasteiger partial charge on any atom is 0.313 e. The van der Waals surface area contributed by atoms with Gasteiger partial charge in [-0.25, -0.2) is 0 Å². The molecule has 5 aliphatic carbocycles. The molecule has 1 spiro atoms. The first kappa shape index (κ1) is 31.0. The van der Waals surface area contributed by atoms with Gasteiger partial charge in [0.1, 0.15) is 18.3 Å². The Labute approximate surface area is 270 Å². The highest BCUT2D eigenvalue weighted by Crippen LogP contribution is 2.80. The van der Waals surface area contributed by atoms with E-state index < -0.39 is 57.6 Å². The smallest absolute Gasteiger partial charge is 0.313 e. The van der Waals surface area contributed by atoms with Crippen molar-refractivity contribution < 1.29 is 43.5 Å². The monoisotopic (exact) mass is 639 g/mol. The van der Waals surface area contributed by atoms with Gasteiger partial charge in [-0.05, 0) is 46.5 Å². The Morgan fingerprint density at radius 2 is 1.83 bits per heavy atom. The molecule has 0 aromatic carbocycles. The standard InChI is InChI=1S/C36H49NO9/c1-19-6-7-23-25(19)28-26(24(44-20(2)38)16-33(23,4)41)36(31(40)46-28)18-35-11-10-32(36,3)29(35)27-21(8-9-34(35,5)42)22(30(39)45-27)17-37-12-14-43-15-13-37/h6,10-11,21-29,41-42H,7-9,12-18H2,1-5H3/t21-,22-,23-,24-,25+,26+,27-,28+,29-,32+,33+,34+,35-,36-/m0/s1. The molecule has 8 aliphatic rings. The van der Waals surface area contributed by atoms with Crippen molar-refractivity contribution in [2.75, 3.05) is 32.8 Å². The topological polar surface area (TPSA) is 132 Å². The molecular formula is C36H49NO9. The minimum atomic E-state index is -1.19. The third-order valence-corrected chi connectivity index (χ3v) is 14.5. The molecule has 46 heavy (non-hydrogen) atoms. The molecule has 10 heteroatoms. The second-order valence-corrected chi connectivity index (χ2v) is 16.6. The van der Waals surface area contributed by atoms with Crippen LogP contribution < -0.4 is 0 Å². The lowest BCUT2D eigenvalue weighted by Gasteiger charge is -2.46. The van der Waals surface area contributed by atoms with Gasteiger partial charge in [-0.1, -0.05) is 30.7 Å². The number of allylic oxidation sites excluding steroid dienone is 2. The van der Waals surface area contributed by atoms with Gasteiger partial charge in [-0.15, -0.1) is 0 Å². The predicted octanol–water partition coefficient (Wildman–Crippen LogP) is 2.80. The van der Waals surface area contributed by atoms with Gasteiger partial charge in [0.15, 0.2) is 0 Å². The fraction of sp³-hybridized carbons (Fsp3) is 0.806. The van der Waals surface area contributed by atoms with Gasteiger partial charge in [0, 0.05) is 67.5 Å². The first-order valence-electron chi connectivity index (χ1n) is 17.4. The second kappa shape index (κ2) is 9.89. The third kappa shape index (κ3) is 3.81. The van der Waals surface area contributed by atoms with Crippen LogP contribution >= 0.6 is 0 Å². The summed E-state index contributed by atoms with van der Waals surface area (Å²) < 4.78 is 24.6. The van der Waals surface area contributed by atoms with Crippen LogP contribution in [0.15, 0.2) is 23.8 Å². The maximum atomic E-state index is 14.8. The largest absolute Gasteiger partial charge is 0.462 e. The van der Waals surface area contributed by atoms with Gasteiger partial charge in [-0.3, -0.25) is 19.3 Å². The molecule has 8 rings (SSSR count). The third-order valence-electron chi connectivity index (χ3n) is 14.5. The molecule has 252 valence electrons. The van der Waals surface area contributed by atoms with Crippen molar-refractivity contribution in [1.82, 2.24) is 4.90 Å². The summed E-state index contributed by atoms with van der Waals surface area (Å²) in [6, 6.07) is 0. The van der Waals surface area contributed by atoms with E-state index in [4.69, 9.17) is 18.9 Å². The molecule has 0 aromatic heterocycles. The highest BCUT2D eigenvalue weighted by atomic mass is 16.6. The Kier molecular flexibility index (Phi) is 6.67. The van der Waals surface area contributed by atoms with E-state index in [9.17, 15) is 24.6 Å². The SMILES string of the molecule is CC(=O)O[C@H]1C[C@@](C)(O)[C@H]2CC=C(C)[C@H]2[C@H]2OC(=O)[C@]3(C[C@@]45C=C[C@]3(C)[C@@H]4[C@H]3OC(=O)[C@@H](CN4CCOCC4)[C@@H]3CC[C@@]5(C)O)[C@@H]21. The minimum Gasteiger partial charge on any atom is -0.462 e. The number of rotatable bonds is 3. The molecule has 0 amide bonds. The van der Waals surface area contributed by atoms with E-state index in [1.54, 1.807) is 0 Å². The number of aliphatic hydroxyl groups is 2. The quantitative estimate of drug-likeness (QED) is 0.270. The van der Waals surface area contributed by atoms with Gasteiger partial charge in [-0.2, -0.15) is 0 Å². The van der Waals surface area contributed by atoms with Gasteiger partial charge in [0.25, 0.3) is 0 Å². The summed E-state index contributed by atoms with van der Waals surface area (Å²) in [5.41, 5.74) is -4.16. The molecule has 3 heterocycles. The summed E-state index contributed by atoms with van der Waals surface area (Å²) in [6.07, 6.45) is 6.75. The zero-order valence-electron chi connectivity index (χ0n) is 27.7. The van der Waals surface area contributed by atoms with Crippen LogP contribution in [0.2, 0.25) is 0 Å². The molecular weight excluding hydrogens is 590 g/mol. The molecule has 6 fully saturated rings. The van der Waals surface area contributed by atoms with Crippen molar-refractivity contribution in [2.45, 2.75) is 96.2 Å². The number of morpholine rings is 1. The Balaban J connectivity index is 1.26. The molecule has 3 saturated heterocycles. The number of nitrogens with zero attached hydrogens (tertiary/aromatic N) is 1. The molecule has 0 unspecified atom stereocenters. The van der Waals surface area contributed by atoms with E-state index in [1.807, 2.05) is 20.8 Å². The summed E-state index contributed by atoms with van der Waals surface area (Å²) in [5, 5.41) is 24.4. The van der Waals surface area contributed by atoms with Gasteiger partial charge >= 0.3 is 17.9 Å². The lowest BCUT2D eigenvalue weighted by Crippen LogP contribution is -2.53. The first-order valence-corrected chi connectivity index (χ1v) is 17.4. The van der Waals surface area contributed by atoms with Crippen LogP contribution in [0, 0.1) is 51.8 Å². The van der Waals surface area contributed by atoms with Gasteiger partial charge in [0.05, 0.1) is 41.7 Å². The molecule has 10 nitrogen and oxygen atoms in total. The zero-order valence-corrected chi connectivity index (χ0v) is 27.7. The molecule has 3 saturated carbocycles. The van der Waals surface area contributed by atoms with Crippen LogP contribution in [0.25, 0.3) is 0 Å². The van der Waals surface area contributed by atoms with Crippen LogP contribution in [0.3, 0.4) is 0 Å². The highest BCUT2D eigenvalue weighted by molar-refractivity contribution is 5.84. The van der Waals surface area contributed by atoms with E-state index >= 15 is 0 Å². The lowest BCUT2D eigenvalue weighted by atomic mass is 9.54. The van der Waals surface area contributed by atoms with Crippen LogP contribution in [0.5, 0.6) is 0 Å². The Morgan fingerprint density at radius 1 is 1.09 bits per heavy atom. The van der Waals surface area contributed by atoms with E-state index in [0.717, 1.165) is 18.7 Å². The average molecular weight is 640 g/mol. The number of esters is 3. The Morgan fingerprint density at radius 3 is 2.54 bits per heavy atom. The Bertz CT molecular complexity index is 1410. The van der Waals surface area contributed by atoms with Crippen molar-refractivity contribution in [3.8, 4) is 0 Å². The van der Waals surface area contributed by atoms with Crippen molar-refractivity contribution >= 4 is 17.9 Å². The van der Waals surface area contributed by atoms with E-state index in [0.29, 0.717) is 45.4 Å². The number of carbonyl (C=O) groups excluding carboxylic acids is 3. The fourth-order valence-electron chi connectivity index (χ4n) is 12.4. The van der Waals surface area contributed by atoms with Crippen molar-refractivity contribution in [3.63, 3.8) is 0 Å². The molecule has 3 aliphatic heterocycles. The lowest BCUT2D eigenvalue weighted by molar-refractivity contribution is -0.165. The van der Waals surface area contributed by atoms with Crippen LogP contribution in [-0.2, 0) is 33.3 Å². The molecule has 14 atom stereocenters. The molecule has 2 N–H and O–H groups in total. The van der Waals surface area contributed by atoms with Gasteiger partial charge < -0.3 is 29.2 Å². The summed E-state index contributed by atoms with van der Waals surface area (Å²) in [7, 11) is 0. The van der Waals surface area contributed by atoms with Gasteiger partial charge in [0.2, 0.25) is 0 Å². The van der Waals surface area contributed by atoms with Crippen molar-refractivity contribution in [2.24, 2.45) is 51.8 Å². The fourth-order valence-corrected chi connectivity index (χ4v) is 12.4. The first-order chi connectivity index (χ1) is 21.7. The maximum absolute atomic E-state index is 14.8. The zero-order chi connectivity index (χ0) is 32.6. The van der Waals surface area contributed by atoms with Crippen LogP contribution in [0.4, 0.5) is 0 Å². The summed E-state index contributed by atoms with van der Waals surface area (Å²) in [4.78, 5) is 43.5. The number of ether oxygens (including phenoxy) is 4. The number of carbonyl (C=O) groups is 3. The molecule has 0 aromatic rings. The molecule has 0 radical (unpaired) electrons. The second-order valence-electron chi connectivity index (χ2n) is 16.6. The number of hydrogen-bond acceptors (Lipinski definition) is 10. The van der Waals surface area contributed by atoms with Crippen LogP contribution in [0.1, 0.15) is 66.7 Å². The van der Waals surface area contributed by atoms with E-state index in [-0.39, 0.29) is 47.9 Å². The average Bonchev–Trinajstić information content (AvgIpc) is 3.70. The van der Waals surface area contributed by atoms with Crippen molar-refractivity contribution in [3.05, 3.63) is 23.8 Å². The predicted molar refractivity (Wildman–Crippen MR) is 164 cm³/mol. The van der Waals surface area contributed by atoms with Crippen LogP contribution in [-0.4, -0.2) is 95.4 Å². The number of fused-ring (bicyclic) bond motifs is 6. The van der Waals surface area contributed by atoms with Crippen molar-refractivity contribution in [1.29, 1.82) is 0 Å². The Hall–Kier alpha value is -2.27.